The monoisotopic (exact) mass is 402 g/mol. The highest BCUT2D eigenvalue weighted by Crippen LogP contribution is 2.48. The lowest BCUT2D eigenvalue weighted by atomic mass is 10.3. The van der Waals surface area contributed by atoms with Crippen LogP contribution in [0.15, 0.2) is 16.5 Å². The van der Waals surface area contributed by atoms with E-state index in [2.05, 4.69) is 4.74 Å². The average Bonchev–Trinajstić information content (AvgIpc) is 2.99. The van der Waals surface area contributed by atoms with Crippen molar-refractivity contribution in [3.8, 4) is 5.75 Å². The van der Waals surface area contributed by atoms with Gasteiger partial charge in [0.1, 0.15) is 22.4 Å². The Morgan fingerprint density at radius 3 is 2.09 bits per heavy atom. The maximum absolute atomic E-state index is 11.3. The second kappa shape index (κ2) is 7.20. The van der Waals surface area contributed by atoms with Crippen molar-refractivity contribution in [1.29, 1.82) is 0 Å². The van der Waals surface area contributed by atoms with E-state index in [9.17, 15) is 4.79 Å². The van der Waals surface area contributed by atoms with Crippen molar-refractivity contribution in [2.45, 2.75) is 6.61 Å². The van der Waals surface area contributed by atoms with Crippen molar-refractivity contribution >= 4 is 64.0 Å². The lowest BCUT2D eigenvalue weighted by Crippen LogP contribution is -1.99. The summed E-state index contributed by atoms with van der Waals surface area (Å²) in [6.45, 7) is -0.0509. The molecule has 0 fully saturated rings. The van der Waals surface area contributed by atoms with E-state index in [-0.39, 0.29) is 43.2 Å². The molecule has 0 unspecified atom stereocenters. The van der Waals surface area contributed by atoms with Gasteiger partial charge >= 0.3 is 5.97 Å². The molecule has 9 heteroatoms. The Balaban J connectivity index is 2.22. The topological polar surface area (TPSA) is 48.7 Å². The minimum absolute atomic E-state index is 0.0285. The van der Waals surface area contributed by atoms with Crippen molar-refractivity contribution in [3.63, 3.8) is 0 Å². The first-order chi connectivity index (χ1) is 10.4. The second-order valence-electron chi connectivity index (χ2n) is 3.95. The van der Waals surface area contributed by atoms with Gasteiger partial charge in [-0.1, -0.05) is 58.0 Å². The van der Waals surface area contributed by atoms with Crippen LogP contribution in [-0.4, -0.2) is 13.1 Å². The lowest BCUT2D eigenvalue weighted by Gasteiger charge is -2.12. The largest absolute Gasteiger partial charge is 0.482 e. The Bertz CT molecular complexity index is 696. The SMILES string of the molecule is COC(=O)c1ccc(COc2c(Cl)c(Cl)c(Cl)c(Cl)c2Cl)o1. The molecule has 0 aliphatic carbocycles. The Kier molecular flexibility index (Phi) is 5.75. The number of esters is 1. The number of carbonyl (C=O) groups is 1. The third kappa shape index (κ3) is 3.42. The van der Waals surface area contributed by atoms with Gasteiger partial charge in [-0.25, -0.2) is 4.79 Å². The first kappa shape index (κ1) is 17.6. The molecule has 0 spiro atoms. The molecule has 2 rings (SSSR count). The van der Waals surface area contributed by atoms with Crippen LogP contribution in [0.5, 0.6) is 5.75 Å². The zero-order chi connectivity index (χ0) is 16.4. The minimum atomic E-state index is -0.597. The van der Waals surface area contributed by atoms with E-state index in [0.717, 1.165) is 0 Å². The number of ether oxygens (including phenoxy) is 2. The summed E-state index contributed by atoms with van der Waals surface area (Å²) in [5.41, 5.74) is 0. The number of carbonyl (C=O) groups excluding carboxylic acids is 1. The molecule has 0 aliphatic heterocycles. The Morgan fingerprint density at radius 2 is 1.55 bits per heavy atom. The zero-order valence-electron chi connectivity index (χ0n) is 10.9. The smallest absolute Gasteiger partial charge is 0.373 e. The van der Waals surface area contributed by atoms with Gasteiger partial charge in [0, 0.05) is 0 Å². The average molecular weight is 404 g/mol. The molecule has 0 amide bonds. The predicted molar refractivity (Wildman–Crippen MR) is 85.9 cm³/mol. The second-order valence-corrected chi connectivity index (χ2v) is 5.84. The normalized spacial score (nSPS) is 10.6. The van der Waals surface area contributed by atoms with Gasteiger partial charge in [-0.3, -0.25) is 0 Å². The highest BCUT2D eigenvalue weighted by molar-refractivity contribution is 6.55. The van der Waals surface area contributed by atoms with Crippen molar-refractivity contribution in [2.24, 2.45) is 0 Å². The fourth-order valence-corrected chi connectivity index (χ4v) is 2.75. The van der Waals surface area contributed by atoms with E-state index in [0.29, 0.717) is 5.76 Å². The van der Waals surface area contributed by atoms with Gasteiger partial charge in [0.05, 0.1) is 22.2 Å². The molecular formula is C13H7Cl5O4. The van der Waals surface area contributed by atoms with E-state index < -0.39 is 5.97 Å². The molecule has 0 bridgehead atoms. The van der Waals surface area contributed by atoms with Crippen LogP contribution in [0.1, 0.15) is 16.3 Å². The summed E-state index contributed by atoms with van der Waals surface area (Å²) in [6, 6.07) is 3.00. The summed E-state index contributed by atoms with van der Waals surface area (Å²) in [7, 11) is 1.25. The maximum Gasteiger partial charge on any atom is 0.373 e. The number of benzene rings is 1. The Hall–Kier alpha value is -0.780. The van der Waals surface area contributed by atoms with Crippen LogP contribution in [-0.2, 0) is 11.3 Å². The number of furan rings is 1. The van der Waals surface area contributed by atoms with Crippen molar-refractivity contribution in [2.75, 3.05) is 7.11 Å². The van der Waals surface area contributed by atoms with Crippen molar-refractivity contribution < 1.29 is 18.7 Å². The van der Waals surface area contributed by atoms with Gasteiger partial charge < -0.3 is 13.9 Å². The molecule has 1 aromatic heterocycles. The molecule has 0 radical (unpaired) electrons. The number of methoxy groups -OCH3 is 1. The summed E-state index contributed by atoms with van der Waals surface area (Å²) >= 11 is 29.8. The predicted octanol–water partition coefficient (Wildman–Crippen LogP) is 5.91. The van der Waals surface area contributed by atoms with E-state index in [1.54, 1.807) is 6.07 Å². The fourth-order valence-electron chi connectivity index (χ4n) is 1.52. The molecule has 0 saturated heterocycles. The minimum Gasteiger partial charge on any atom is -0.482 e. The van der Waals surface area contributed by atoms with E-state index in [1.165, 1.54) is 13.2 Å². The lowest BCUT2D eigenvalue weighted by molar-refractivity contribution is 0.0561. The third-order valence-electron chi connectivity index (χ3n) is 2.58. The quantitative estimate of drug-likeness (QED) is 0.361. The summed E-state index contributed by atoms with van der Waals surface area (Å²) in [5, 5.41) is 0.156. The molecule has 0 aliphatic rings. The number of rotatable bonds is 4. The third-order valence-corrected chi connectivity index (χ3v) is 4.82. The number of hydrogen-bond acceptors (Lipinski definition) is 4. The van der Waals surface area contributed by atoms with Crippen molar-refractivity contribution in [1.82, 2.24) is 0 Å². The standard InChI is InChI=1S/C13H7Cl5O4/c1-20-13(19)6-3-2-5(22-6)4-21-12-10(17)8(15)7(14)9(16)11(12)18/h2-3H,4H2,1H3. The van der Waals surface area contributed by atoms with Crippen LogP contribution in [0, 0.1) is 0 Å². The first-order valence-electron chi connectivity index (χ1n) is 5.68. The molecule has 4 nitrogen and oxygen atoms in total. The van der Waals surface area contributed by atoms with Gasteiger partial charge in [-0.2, -0.15) is 0 Å². The highest BCUT2D eigenvalue weighted by Gasteiger charge is 2.21. The molecular weight excluding hydrogens is 397 g/mol. The Labute approximate surface area is 150 Å². The molecule has 2 aromatic rings. The Morgan fingerprint density at radius 1 is 1.00 bits per heavy atom. The van der Waals surface area contributed by atoms with E-state index in [4.69, 9.17) is 67.2 Å². The first-order valence-corrected chi connectivity index (χ1v) is 7.57. The van der Waals surface area contributed by atoms with Crippen LogP contribution in [0.4, 0.5) is 0 Å². The summed E-state index contributed by atoms with van der Waals surface area (Å²) in [6.07, 6.45) is 0. The van der Waals surface area contributed by atoms with Gasteiger partial charge in [0.15, 0.2) is 5.75 Å². The maximum atomic E-state index is 11.3. The molecule has 1 aromatic carbocycles. The van der Waals surface area contributed by atoms with E-state index >= 15 is 0 Å². The van der Waals surface area contributed by atoms with Gasteiger partial charge in [0.2, 0.25) is 5.76 Å². The van der Waals surface area contributed by atoms with E-state index in [1.807, 2.05) is 0 Å². The summed E-state index contributed by atoms with van der Waals surface area (Å²) in [5.74, 6) is -0.126. The van der Waals surface area contributed by atoms with Crippen molar-refractivity contribution in [3.05, 3.63) is 48.8 Å². The number of hydrogen-bond donors (Lipinski definition) is 0. The fraction of sp³-hybridized carbons (Fsp3) is 0.154. The van der Waals surface area contributed by atoms with Gasteiger partial charge in [-0.05, 0) is 12.1 Å². The molecule has 0 saturated carbocycles. The van der Waals surface area contributed by atoms with Gasteiger partial charge in [-0.15, -0.1) is 0 Å². The van der Waals surface area contributed by atoms with Gasteiger partial charge in [0.25, 0.3) is 0 Å². The van der Waals surface area contributed by atoms with Crippen LogP contribution < -0.4 is 4.74 Å². The summed E-state index contributed by atoms with van der Waals surface area (Å²) < 4.78 is 15.2. The van der Waals surface area contributed by atoms with Crippen LogP contribution in [0.25, 0.3) is 0 Å². The molecule has 22 heavy (non-hydrogen) atoms. The molecule has 1 heterocycles. The van der Waals surface area contributed by atoms with Crippen LogP contribution in [0.3, 0.4) is 0 Å². The molecule has 118 valence electrons. The highest BCUT2D eigenvalue weighted by atomic mass is 35.5. The van der Waals surface area contributed by atoms with Crippen LogP contribution in [0.2, 0.25) is 25.1 Å². The van der Waals surface area contributed by atoms with Crippen LogP contribution >= 0.6 is 58.0 Å². The molecule has 0 atom stereocenters. The molecule has 0 N–H and O–H groups in total. The zero-order valence-corrected chi connectivity index (χ0v) is 14.7. The summed E-state index contributed by atoms with van der Waals surface area (Å²) in [4.78, 5) is 11.3. The number of halogens is 5.